The zero-order valence-corrected chi connectivity index (χ0v) is 8.37. The van der Waals surface area contributed by atoms with Crippen LogP contribution in [0.15, 0.2) is 18.3 Å². The van der Waals surface area contributed by atoms with Gasteiger partial charge in [-0.25, -0.2) is 0 Å². The number of rotatable bonds is 3. The molecule has 0 aliphatic carbocycles. The second-order valence-corrected chi connectivity index (χ2v) is 3.48. The van der Waals surface area contributed by atoms with Gasteiger partial charge in [-0.1, -0.05) is 13.0 Å². The third-order valence-corrected chi connectivity index (χ3v) is 2.31. The van der Waals surface area contributed by atoms with Crippen LogP contribution in [0.2, 0.25) is 0 Å². The summed E-state index contributed by atoms with van der Waals surface area (Å²) in [5, 5.41) is 0. The van der Waals surface area contributed by atoms with Crippen LogP contribution in [0.4, 0.5) is 0 Å². The number of hydrogen-bond donors (Lipinski definition) is 0. The Balaban J connectivity index is 2.74. The van der Waals surface area contributed by atoms with E-state index < -0.39 is 0 Å². The van der Waals surface area contributed by atoms with Crippen molar-refractivity contribution in [2.75, 3.05) is 0 Å². The number of nitrogens with zero attached hydrogens (tertiary/aromatic N) is 1. The second kappa shape index (κ2) is 4.17. The maximum Gasteiger partial charge on any atom is 0.133 e. The van der Waals surface area contributed by atoms with E-state index in [9.17, 15) is 4.79 Å². The summed E-state index contributed by atoms with van der Waals surface area (Å²) < 4.78 is 0. The first-order valence-electron chi connectivity index (χ1n) is 4.52. The lowest BCUT2D eigenvalue weighted by molar-refractivity contribution is -0.120. The molecular weight excluding hydrogens is 162 g/mol. The van der Waals surface area contributed by atoms with E-state index in [-0.39, 0.29) is 11.7 Å². The van der Waals surface area contributed by atoms with Crippen LogP contribution in [0.1, 0.15) is 25.1 Å². The third kappa shape index (κ3) is 2.65. The van der Waals surface area contributed by atoms with Gasteiger partial charge in [-0.05, 0) is 31.9 Å². The number of Topliss-reactive ketones (excluding diaryl/α,β-unsaturated/α-hetero) is 1. The summed E-state index contributed by atoms with van der Waals surface area (Å²) in [7, 11) is 0. The summed E-state index contributed by atoms with van der Waals surface area (Å²) in [4.78, 5) is 15.3. The first kappa shape index (κ1) is 9.90. The predicted molar refractivity (Wildman–Crippen MR) is 52.5 cm³/mol. The fraction of sp³-hybridized carbons (Fsp3) is 0.455. The Morgan fingerprint density at radius 1 is 1.62 bits per heavy atom. The fourth-order valence-corrected chi connectivity index (χ4v) is 1.17. The van der Waals surface area contributed by atoms with Gasteiger partial charge in [0.1, 0.15) is 5.78 Å². The normalized spacial score (nSPS) is 12.5. The topological polar surface area (TPSA) is 30.0 Å². The molecule has 2 nitrogen and oxygen atoms in total. The van der Waals surface area contributed by atoms with Crippen molar-refractivity contribution < 1.29 is 4.79 Å². The van der Waals surface area contributed by atoms with Crippen molar-refractivity contribution >= 4 is 5.78 Å². The number of aromatic nitrogens is 1. The summed E-state index contributed by atoms with van der Waals surface area (Å²) in [5.41, 5.74) is 2.20. The molecule has 0 radical (unpaired) electrons. The Hall–Kier alpha value is -1.18. The van der Waals surface area contributed by atoms with Crippen molar-refractivity contribution in [1.29, 1.82) is 0 Å². The van der Waals surface area contributed by atoms with Crippen LogP contribution in [-0.4, -0.2) is 10.8 Å². The molecular formula is C11H15NO. The van der Waals surface area contributed by atoms with Gasteiger partial charge in [0.25, 0.3) is 0 Å². The van der Waals surface area contributed by atoms with Crippen LogP contribution in [0.25, 0.3) is 0 Å². The molecule has 1 heterocycles. The molecule has 1 rings (SSSR count). The van der Waals surface area contributed by atoms with Gasteiger partial charge in [0, 0.05) is 17.8 Å². The number of ketones is 1. The van der Waals surface area contributed by atoms with Crippen molar-refractivity contribution in [3.8, 4) is 0 Å². The van der Waals surface area contributed by atoms with E-state index in [0.717, 1.165) is 17.7 Å². The number of aryl methyl sites for hydroxylation is 1. The third-order valence-electron chi connectivity index (χ3n) is 2.31. The minimum absolute atomic E-state index is 0.0774. The van der Waals surface area contributed by atoms with Gasteiger partial charge in [-0.2, -0.15) is 0 Å². The molecule has 1 aromatic rings. The summed E-state index contributed by atoms with van der Waals surface area (Å²) in [6.07, 6.45) is 2.52. The van der Waals surface area contributed by atoms with Crippen molar-refractivity contribution in [2.24, 2.45) is 5.92 Å². The van der Waals surface area contributed by atoms with Crippen LogP contribution in [0.3, 0.4) is 0 Å². The highest BCUT2D eigenvalue weighted by Gasteiger charge is 2.10. The lowest BCUT2D eigenvalue weighted by Crippen LogP contribution is -2.11. The van der Waals surface area contributed by atoms with Crippen LogP contribution in [0, 0.1) is 12.8 Å². The van der Waals surface area contributed by atoms with Gasteiger partial charge in [0.05, 0.1) is 0 Å². The molecule has 0 aliphatic heterocycles. The lowest BCUT2D eigenvalue weighted by Gasteiger charge is -2.08. The molecule has 0 spiro atoms. The van der Waals surface area contributed by atoms with Crippen molar-refractivity contribution in [3.63, 3.8) is 0 Å². The Morgan fingerprint density at radius 3 is 2.85 bits per heavy atom. The molecule has 1 atom stereocenters. The van der Waals surface area contributed by atoms with Crippen LogP contribution in [0.5, 0.6) is 0 Å². The van der Waals surface area contributed by atoms with E-state index in [2.05, 4.69) is 4.98 Å². The Kier molecular flexibility index (Phi) is 3.18. The largest absolute Gasteiger partial charge is 0.300 e. The number of carbonyl (C=O) groups is 1. The first-order chi connectivity index (χ1) is 6.11. The van der Waals surface area contributed by atoms with Gasteiger partial charge < -0.3 is 0 Å². The minimum Gasteiger partial charge on any atom is -0.300 e. The highest BCUT2D eigenvalue weighted by Crippen LogP contribution is 2.10. The van der Waals surface area contributed by atoms with Gasteiger partial charge >= 0.3 is 0 Å². The highest BCUT2D eigenvalue weighted by atomic mass is 16.1. The maximum absolute atomic E-state index is 11.0. The van der Waals surface area contributed by atoms with E-state index in [4.69, 9.17) is 0 Å². The predicted octanol–water partition coefficient (Wildman–Crippen LogP) is 2.16. The SMILES string of the molecule is CC(=O)C(C)Cc1ncccc1C. The average Bonchev–Trinajstić information content (AvgIpc) is 2.08. The van der Waals surface area contributed by atoms with Crippen LogP contribution >= 0.6 is 0 Å². The van der Waals surface area contributed by atoms with Gasteiger partial charge in [0.15, 0.2) is 0 Å². The maximum atomic E-state index is 11.0. The smallest absolute Gasteiger partial charge is 0.133 e. The molecule has 0 saturated heterocycles. The number of pyridine rings is 1. The van der Waals surface area contributed by atoms with Crippen LogP contribution < -0.4 is 0 Å². The molecule has 0 amide bonds. The molecule has 0 fully saturated rings. The summed E-state index contributed by atoms with van der Waals surface area (Å²) >= 11 is 0. The number of carbonyl (C=O) groups excluding carboxylic acids is 1. The second-order valence-electron chi connectivity index (χ2n) is 3.48. The Morgan fingerprint density at radius 2 is 2.31 bits per heavy atom. The number of hydrogen-bond acceptors (Lipinski definition) is 2. The van der Waals surface area contributed by atoms with E-state index in [1.165, 1.54) is 0 Å². The molecule has 70 valence electrons. The molecule has 0 aromatic carbocycles. The van der Waals surface area contributed by atoms with Gasteiger partial charge in [-0.3, -0.25) is 9.78 Å². The molecule has 0 bridgehead atoms. The highest BCUT2D eigenvalue weighted by molar-refractivity contribution is 5.78. The van der Waals surface area contributed by atoms with E-state index >= 15 is 0 Å². The first-order valence-corrected chi connectivity index (χ1v) is 4.52. The van der Waals surface area contributed by atoms with E-state index in [1.54, 1.807) is 13.1 Å². The zero-order valence-electron chi connectivity index (χ0n) is 8.37. The van der Waals surface area contributed by atoms with Crippen molar-refractivity contribution in [2.45, 2.75) is 27.2 Å². The summed E-state index contributed by atoms with van der Waals surface area (Å²) in [6, 6.07) is 3.94. The molecule has 13 heavy (non-hydrogen) atoms. The zero-order chi connectivity index (χ0) is 9.84. The fourth-order valence-electron chi connectivity index (χ4n) is 1.17. The molecule has 1 unspecified atom stereocenters. The summed E-state index contributed by atoms with van der Waals surface area (Å²) in [5.74, 6) is 0.304. The summed E-state index contributed by atoms with van der Waals surface area (Å²) in [6.45, 7) is 5.59. The van der Waals surface area contributed by atoms with Crippen LogP contribution in [-0.2, 0) is 11.2 Å². The molecule has 1 aromatic heterocycles. The van der Waals surface area contributed by atoms with E-state index in [1.807, 2.05) is 26.0 Å². The average molecular weight is 177 g/mol. The monoisotopic (exact) mass is 177 g/mol. The molecule has 0 aliphatic rings. The Labute approximate surface area is 79.0 Å². The van der Waals surface area contributed by atoms with Crippen molar-refractivity contribution in [3.05, 3.63) is 29.6 Å². The van der Waals surface area contributed by atoms with Gasteiger partial charge in [-0.15, -0.1) is 0 Å². The Bertz CT molecular complexity index is 307. The molecule has 2 heteroatoms. The van der Waals surface area contributed by atoms with Gasteiger partial charge in [0.2, 0.25) is 0 Å². The molecule has 0 saturated carbocycles. The lowest BCUT2D eigenvalue weighted by atomic mass is 9.99. The van der Waals surface area contributed by atoms with Crippen molar-refractivity contribution in [1.82, 2.24) is 4.98 Å². The standard InChI is InChI=1S/C11H15NO/c1-8-5-4-6-12-11(8)7-9(2)10(3)13/h4-6,9H,7H2,1-3H3. The quantitative estimate of drug-likeness (QED) is 0.708. The molecule has 0 N–H and O–H groups in total. The van der Waals surface area contributed by atoms with E-state index in [0.29, 0.717) is 0 Å². The minimum atomic E-state index is 0.0774.